The van der Waals surface area contributed by atoms with E-state index in [0.717, 1.165) is 15.4 Å². The molecule has 0 aliphatic heterocycles. The molecular weight excluding hydrogens is 343 g/mol. The summed E-state index contributed by atoms with van der Waals surface area (Å²) < 4.78 is 39.7. The number of carbonyl (C=O) groups is 2. The van der Waals surface area contributed by atoms with Gasteiger partial charge < -0.3 is 10.4 Å². The van der Waals surface area contributed by atoms with Gasteiger partial charge in [0.15, 0.2) is 5.69 Å². The van der Waals surface area contributed by atoms with E-state index in [-0.39, 0.29) is 12.2 Å². The van der Waals surface area contributed by atoms with Crippen LogP contribution in [-0.4, -0.2) is 42.6 Å². The summed E-state index contributed by atoms with van der Waals surface area (Å²) in [6, 6.07) is 0.624. The minimum Gasteiger partial charge on any atom is -0.480 e. The maximum absolute atomic E-state index is 12.5. The van der Waals surface area contributed by atoms with Crippen LogP contribution in [0.4, 0.5) is 13.2 Å². The lowest BCUT2D eigenvalue weighted by Gasteiger charge is -2.16. The number of carbonyl (C=O) groups excluding carboxylic acids is 1. The van der Waals surface area contributed by atoms with Crippen LogP contribution in [0.1, 0.15) is 36.1 Å². The van der Waals surface area contributed by atoms with E-state index in [1.165, 1.54) is 25.4 Å². The summed E-state index contributed by atoms with van der Waals surface area (Å²) >= 11 is 0. The number of rotatable bonds is 6. The fourth-order valence-corrected chi connectivity index (χ4v) is 2.15. The van der Waals surface area contributed by atoms with E-state index in [1.54, 1.807) is 6.92 Å². The zero-order valence-electron chi connectivity index (χ0n) is 13.4. The summed E-state index contributed by atoms with van der Waals surface area (Å²) in [6.45, 7) is 2.98. The molecule has 136 valence electrons. The Morgan fingerprint density at radius 2 is 2.00 bits per heavy atom. The van der Waals surface area contributed by atoms with Crippen molar-refractivity contribution in [3.8, 4) is 0 Å². The first kappa shape index (κ1) is 18.5. The SMILES string of the molecule is CC(Cn1ccc(C(F)(F)F)n1)NC(=O)c1ccnn1C(C)C(=O)O. The smallest absolute Gasteiger partial charge is 0.435 e. The van der Waals surface area contributed by atoms with Gasteiger partial charge in [0.05, 0.1) is 6.54 Å². The van der Waals surface area contributed by atoms with Crippen LogP contribution < -0.4 is 5.32 Å². The summed E-state index contributed by atoms with van der Waals surface area (Å²) in [7, 11) is 0. The molecule has 2 aromatic heterocycles. The Labute approximate surface area is 140 Å². The van der Waals surface area contributed by atoms with Crippen LogP contribution in [0.15, 0.2) is 24.5 Å². The van der Waals surface area contributed by atoms with Crippen molar-refractivity contribution in [1.29, 1.82) is 0 Å². The van der Waals surface area contributed by atoms with Crippen molar-refractivity contribution in [2.24, 2.45) is 0 Å². The Balaban J connectivity index is 2.03. The lowest BCUT2D eigenvalue weighted by atomic mass is 10.3. The number of alkyl halides is 3. The summed E-state index contributed by atoms with van der Waals surface area (Å²) in [5.74, 6) is -1.73. The van der Waals surface area contributed by atoms with Crippen molar-refractivity contribution in [3.63, 3.8) is 0 Å². The highest BCUT2D eigenvalue weighted by Crippen LogP contribution is 2.27. The highest BCUT2D eigenvalue weighted by atomic mass is 19.4. The van der Waals surface area contributed by atoms with E-state index in [9.17, 15) is 22.8 Å². The number of hydrogen-bond donors (Lipinski definition) is 2. The molecule has 8 nitrogen and oxygen atoms in total. The highest BCUT2D eigenvalue weighted by Gasteiger charge is 2.33. The van der Waals surface area contributed by atoms with Crippen molar-refractivity contribution < 1.29 is 27.9 Å². The zero-order valence-corrected chi connectivity index (χ0v) is 13.4. The highest BCUT2D eigenvalue weighted by molar-refractivity contribution is 5.93. The second-order valence-corrected chi connectivity index (χ2v) is 5.47. The van der Waals surface area contributed by atoms with E-state index >= 15 is 0 Å². The third-order valence-corrected chi connectivity index (χ3v) is 3.40. The predicted octanol–water partition coefficient (Wildman–Crippen LogP) is 1.56. The lowest BCUT2D eigenvalue weighted by molar-refractivity contribution is -0.142. The molecule has 0 bridgehead atoms. The zero-order chi connectivity index (χ0) is 18.8. The lowest BCUT2D eigenvalue weighted by Crippen LogP contribution is -2.37. The number of halogens is 3. The van der Waals surface area contributed by atoms with Crippen LogP contribution in [0.2, 0.25) is 0 Å². The molecule has 2 N–H and O–H groups in total. The number of nitrogens with zero attached hydrogens (tertiary/aromatic N) is 4. The standard InChI is InChI=1S/C14H16F3N5O3/c1-8(7-21-6-4-11(20-21)14(15,16)17)19-12(23)10-3-5-18-22(10)9(2)13(24)25/h3-6,8-9H,7H2,1-2H3,(H,19,23)(H,24,25). The molecule has 0 saturated carbocycles. The molecule has 1 amide bonds. The van der Waals surface area contributed by atoms with E-state index in [0.29, 0.717) is 0 Å². The molecule has 11 heteroatoms. The molecule has 2 atom stereocenters. The van der Waals surface area contributed by atoms with E-state index in [4.69, 9.17) is 5.11 Å². The van der Waals surface area contributed by atoms with Crippen LogP contribution >= 0.6 is 0 Å². The molecule has 0 aliphatic carbocycles. The Morgan fingerprint density at radius 3 is 2.56 bits per heavy atom. The molecule has 25 heavy (non-hydrogen) atoms. The van der Waals surface area contributed by atoms with E-state index in [1.807, 2.05) is 0 Å². The first-order valence-electron chi connectivity index (χ1n) is 7.27. The van der Waals surface area contributed by atoms with Gasteiger partial charge in [0.25, 0.3) is 5.91 Å². The third kappa shape index (κ3) is 4.37. The fraction of sp³-hybridized carbons (Fsp3) is 0.429. The van der Waals surface area contributed by atoms with Crippen LogP contribution in [0.5, 0.6) is 0 Å². The van der Waals surface area contributed by atoms with Gasteiger partial charge in [0, 0.05) is 18.4 Å². The molecule has 0 aromatic carbocycles. The number of nitrogens with one attached hydrogen (secondary N) is 1. The normalized spacial score (nSPS) is 14.1. The quantitative estimate of drug-likeness (QED) is 0.815. The number of carboxylic acid groups (broad SMARTS) is 1. The van der Waals surface area contributed by atoms with Crippen LogP contribution in [0.3, 0.4) is 0 Å². The Bertz CT molecular complexity index is 768. The number of amides is 1. The molecular formula is C14H16F3N5O3. The van der Waals surface area contributed by atoms with Gasteiger partial charge in [-0.3, -0.25) is 9.48 Å². The van der Waals surface area contributed by atoms with Gasteiger partial charge in [-0.1, -0.05) is 0 Å². The second-order valence-electron chi connectivity index (χ2n) is 5.47. The maximum atomic E-state index is 12.5. The molecule has 0 saturated heterocycles. The first-order valence-corrected chi connectivity index (χ1v) is 7.27. The van der Waals surface area contributed by atoms with Crippen LogP contribution in [0, 0.1) is 0 Å². The number of aliphatic carboxylic acids is 1. The van der Waals surface area contributed by atoms with Crippen LogP contribution in [-0.2, 0) is 17.5 Å². The number of hydrogen-bond acceptors (Lipinski definition) is 4. The average Bonchev–Trinajstić information content (AvgIpc) is 3.13. The molecule has 2 heterocycles. The summed E-state index contributed by atoms with van der Waals surface area (Å²) in [5.41, 5.74) is -0.974. The van der Waals surface area contributed by atoms with Gasteiger partial charge in [-0.25, -0.2) is 9.48 Å². The predicted molar refractivity (Wildman–Crippen MR) is 78.7 cm³/mol. The Hall–Kier alpha value is -2.85. The fourth-order valence-electron chi connectivity index (χ4n) is 2.15. The van der Waals surface area contributed by atoms with E-state index < -0.39 is 35.8 Å². The molecule has 0 radical (unpaired) electrons. The molecule has 2 unspecified atom stereocenters. The van der Waals surface area contributed by atoms with Crippen molar-refractivity contribution >= 4 is 11.9 Å². The molecule has 0 fully saturated rings. The van der Waals surface area contributed by atoms with E-state index in [2.05, 4.69) is 15.5 Å². The maximum Gasteiger partial charge on any atom is 0.435 e. The monoisotopic (exact) mass is 359 g/mol. The molecule has 2 rings (SSSR count). The van der Waals surface area contributed by atoms with Crippen molar-refractivity contribution in [2.45, 2.75) is 38.7 Å². The topological polar surface area (TPSA) is 102 Å². The first-order chi connectivity index (χ1) is 11.6. The van der Waals surface area contributed by atoms with Crippen LogP contribution in [0.25, 0.3) is 0 Å². The molecule has 2 aromatic rings. The van der Waals surface area contributed by atoms with Gasteiger partial charge in [-0.2, -0.15) is 23.4 Å². The minimum absolute atomic E-state index is 0.0183. The molecule has 0 aliphatic rings. The van der Waals surface area contributed by atoms with Gasteiger partial charge in [-0.15, -0.1) is 0 Å². The van der Waals surface area contributed by atoms with Gasteiger partial charge in [-0.05, 0) is 26.0 Å². The summed E-state index contributed by atoms with van der Waals surface area (Å²) in [4.78, 5) is 23.3. The summed E-state index contributed by atoms with van der Waals surface area (Å²) in [5, 5.41) is 18.8. The van der Waals surface area contributed by atoms with Crippen molar-refractivity contribution in [1.82, 2.24) is 24.9 Å². The summed E-state index contributed by atoms with van der Waals surface area (Å²) in [6.07, 6.45) is -2.07. The Morgan fingerprint density at radius 1 is 1.32 bits per heavy atom. The number of carboxylic acids is 1. The van der Waals surface area contributed by atoms with Gasteiger partial charge in [0.1, 0.15) is 11.7 Å². The minimum atomic E-state index is -4.53. The molecule has 0 spiro atoms. The van der Waals surface area contributed by atoms with Gasteiger partial charge >= 0.3 is 12.1 Å². The third-order valence-electron chi connectivity index (χ3n) is 3.40. The second kappa shape index (κ2) is 6.95. The van der Waals surface area contributed by atoms with Crippen molar-refractivity contribution in [3.05, 3.63) is 35.9 Å². The Kier molecular flexibility index (Phi) is 5.14. The average molecular weight is 359 g/mol. The van der Waals surface area contributed by atoms with Crippen molar-refractivity contribution in [2.75, 3.05) is 0 Å². The van der Waals surface area contributed by atoms with Gasteiger partial charge in [0.2, 0.25) is 0 Å². The largest absolute Gasteiger partial charge is 0.480 e. The number of aromatic nitrogens is 4.